The lowest BCUT2D eigenvalue weighted by atomic mass is 10.2. The van der Waals surface area contributed by atoms with E-state index in [9.17, 15) is 18.5 Å². The third kappa shape index (κ3) is 2.97. The normalized spacial score (nSPS) is 12.4. The van der Waals surface area contributed by atoms with E-state index in [-0.39, 0.29) is 18.1 Å². The maximum Gasteiger partial charge on any atom is 0.330 e. The number of anilines is 1. The summed E-state index contributed by atoms with van der Waals surface area (Å²) in [4.78, 5) is 10.2. The molecule has 0 unspecified atom stereocenters. The van der Waals surface area contributed by atoms with Crippen molar-refractivity contribution < 1.29 is 13.3 Å². The van der Waals surface area contributed by atoms with E-state index < -0.39 is 19.5 Å². The molecule has 0 aliphatic carbocycles. The number of rotatable bonds is 5. The van der Waals surface area contributed by atoms with Gasteiger partial charge in [0, 0.05) is 19.8 Å². The lowest BCUT2D eigenvalue weighted by Gasteiger charge is -2.22. The van der Waals surface area contributed by atoms with Gasteiger partial charge in [-0.3, -0.25) is 14.8 Å². The van der Waals surface area contributed by atoms with Crippen LogP contribution in [0.1, 0.15) is 13.8 Å². The number of aryl methyl sites for hydroxylation is 1. The Hall–Kier alpha value is -1.64. The Morgan fingerprint density at radius 2 is 2.11 bits per heavy atom. The van der Waals surface area contributed by atoms with Crippen LogP contribution >= 0.6 is 0 Å². The minimum Gasteiger partial charge on any atom is -0.361 e. The van der Waals surface area contributed by atoms with Crippen molar-refractivity contribution in [2.45, 2.75) is 18.6 Å². The minimum absolute atomic E-state index is 0.0453. The van der Waals surface area contributed by atoms with Gasteiger partial charge in [-0.2, -0.15) is 0 Å². The number of hydrogen-bond donors (Lipinski definition) is 1. The molecule has 0 saturated heterocycles. The summed E-state index contributed by atoms with van der Waals surface area (Å²) in [6, 6.07) is 0. The molecule has 9 heteroatoms. The van der Waals surface area contributed by atoms with Crippen LogP contribution in [0.2, 0.25) is 0 Å². The molecule has 102 valence electrons. The molecular formula is C9H16N4O4S. The fourth-order valence-electron chi connectivity index (χ4n) is 1.16. The van der Waals surface area contributed by atoms with Gasteiger partial charge in [0.05, 0.1) is 9.67 Å². The fraction of sp³-hybridized carbons (Fsp3) is 0.667. The van der Waals surface area contributed by atoms with Crippen LogP contribution in [-0.2, 0) is 16.9 Å². The molecule has 1 rings (SSSR count). The van der Waals surface area contributed by atoms with E-state index in [1.54, 1.807) is 20.9 Å². The van der Waals surface area contributed by atoms with E-state index in [0.29, 0.717) is 0 Å². The monoisotopic (exact) mass is 276 g/mol. The van der Waals surface area contributed by atoms with E-state index in [0.717, 1.165) is 6.26 Å². The number of nitrogens with one attached hydrogen (secondary N) is 1. The van der Waals surface area contributed by atoms with Crippen molar-refractivity contribution >= 4 is 21.3 Å². The zero-order valence-electron chi connectivity index (χ0n) is 10.7. The van der Waals surface area contributed by atoms with Gasteiger partial charge in [-0.25, -0.2) is 8.42 Å². The molecule has 18 heavy (non-hydrogen) atoms. The van der Waals surface area contributed by atoms with Gasteiger partial charge in [0.1, 0.15) is 6.20 Å². The molecule has 1 N–H and O–H groups in total. The SMILES string of the molecule is Cn1cc([N+](=O)[O-])c(NCC(C)(C)S(C)(=O)=O)n1. The second kappa shape index (κ2) is 4.56. The molecule has 0 amide bonds. The zero-order chi connectivity index (χ0) is 14.1. The van der Waals surface area contributed by atoms with Crippen LogP contribution in [0.15, 0.2) is 6.20 Å². The van der Waals surface area contributed by atoms with Crippen LogP contribution in [0.3, 0.4) is 0 Å². The highest BCUT2D eigenvalue weighted by molar-refractivity contribution is 7.92. The van der Waals surface area contributed by atoms with Gasteiger partial charge in [0.15, 0.2) is 9.84 Å². The Morgan fingerprint density at radius 3 is 2.56 bits per heavy atom. The maximum atomic E-state index is 11.5. The predicted molar refractivity (Wildman–Crippen MR) is 67.3 cm³/mol. The molecule has 0 aliphatic rings. The largest absolute Gasteiger partial charge is 0.361 e. The highest BCUT2D eigenvalue weighted by Crippen LogP contribution is 2.23. The standard InChI is InChI=1S/C9H16N4O4S/c1-9(2,18(4,16)17)6-10-8-7(13(14)15)5-12(3)11-8/h5H,6H2,1-4H3,(H,10,11). The van der Waals surface area contributed by atoms with Crippen molar-refractivity contribution in [1.29, 1.82) is 0 Å². The van der Waals surface area contributed by atoms with Crippen molar-refractivity contribution in [3.8, 4) is 0 Å². The zero-order valence-corrected chi connectivity index (χ0v) is 11.5. The molecule has 0 fully saturated rings. The Bertz CT molecular complexity index is 561. The first-order chi connectivity index (χ1) is 8.04. The summed E-state index contributed by atoms with van der Waals surface area (Å²) in [7, 11) is -1.71. The van der Waals surface area contributed by atoms with Crippen molar-refractivity contribution in [3.05, 3.63) is 16.3 Å². The first-order valence-electron chi connectivity index (χ1n) is 5.16. The summed E-state index contributed by atoms with van der Waals surface area (Å²) in [5, 5.41) is 17.3. The first-order valence-corrected chi connectivity index (χ1v) is 7.05. The summed E-state index contributed by atoms with van der Waals surface area (Å²) in [5.74, 6) is 0.0687. The second-order valence-corrected chi connectivity index (χ2v) is 7.33. The number of hydrogen-bond acceptors (Lipinski definition) is 6. The quantitative estimate of drug-likeness (QED) is 0.622. The molecule has 1 aromatic heterocycles. The Kier molecular flexibility index (Phi) is 3.65. The molecular weight excluding hydrogens is 260 g/mol. The molecule has 1 aromatic rings. The van der Waals surface area contributed by atoms with E-state index in [1.807, 2.05) is 0 Å². The third-order valence-corrected chi connectivity index (χ3v) is 4.84. The molecule has 0 radical (unpaired) electrons. The van der Waals surface area contributed by atoms with Gasteiger partial charge < -0.3 is 5.32 Å². The van der Waals surface area contributed by atoms with Crippen LogP contribution in [0.4, 0.5) is 11.5 Å². The Morgan fingerprint density at radius 1 is 1.56 bits per heavy atom. The van der Waals surface area contributed by atoms with Gasteiger partial charge in [0.25, 0.3) is 0 Å². The summed E-state index contributed by atoms with van der Waals surface area (Å²) < 4.78 is 23.3. The summed E-state index contributed by atoms with van der Waals surface area (Å²) in [6.07, 6.45) is 2.39. The summed E-state index contributed by atoms with van der Waals surface area (Å²) in [5.41, 5.74) is -0.179. The third-order valence-electron chi connectivity index (χ3n) is 2.69. The Balaban J connectivity index is 2.91. The number of aromatic nitrogens is 2. The van der Waals surface area contributed by atoms with Crippen LogP contribution < -0.4 is 5.32 Å². The lowest BCUT2D eigenvalue weighted by molar-refractivity contribution is -0.384. The van der Waals surface area contributed by atoms with E-state index in [1.165, 1.54) is 10.9 Å². The molecule has 8 nitrogen and oxygen atoms in total. The van der Waals surface area contributed by atoms with Gasteiger partial charge in [-0.05, 0) is 13.8 Å². The smallest absolute Gasteiger partial charge is 0.330 e. The number of nitrogens with zero attached hydrogens (tertiary/aromatic N) is 3. The van der Waals surface area contributed by atoms with E-state index >= 15 is 0 Å². The maximum absolute atomic E-state index is 11.5. The highest BCUT2D eigenvalue weighted by atomic mass is 32.2. The lowest BCUT2D eigenvalue weighted by Crippen LogP contribution is -2.38. The average Bonchev–Trinajstić information content (AvgIpc) is 2.55. The van der Waals surface area contributed by atoms with Crippen LogP contribution in [0.25, 0.3) is 0 Å². The molecule has 0 atom stereocenters. The molecule has 0 aliphatic heterocycles. The van der Waals surface area contributed by atoms with Crippen molar-refractivity contribution in [1.82, 2.24) is 9.78 Å². The van der Waals surface area contributed by atoms with Crippen molar-refractivity contribution in [2.24, 2.45) is 7.05 Å². The van der Waals surface area contributed by atoms with E-state index in [4.69, 9.17) is 0 Å². The van der Waals surface area contributed by atoms with Crippen molar-refractivity contribution in [2.75, 3.05) is 18.1 Å². The van der Waals surface area contributed by atoms with Crippen LogP contribution in [-0.4, -0.2) is 40.7 Å². The van der Waals surface area contributed by atoms with Gasteiger partial charge in [0.2, 0.25) is 5.82 Å². The van der Waals surface area contributed by atoms with Crippen LogP contribution in [0, 0.1) is 10.1 Å². The van der Waals surface area contributed by atoms with Gasteiger partial charge in [-0.15, -0.1) is 5.10 Å². The Labute approximate surface area is 105 Å². The van der Waals surface area contributed by atoms with Crippen LogP contribution in [0.5, 0.6) is 0 Å². The molecule has 0 bridgehead atoms. The fourth-order valence-corrected chi connectivity index (χ4v) is 1.50. The van der Waals surface area contributed by atoms with Gasteiger partial charge >= 0.3 is 5.69 Å². The molecule has 0 spiro atoms. The summed E-state index contributed by atoms with van der Waals surface area (Å²) in [6.45, 7) is 3.14. The number of nitro groups is 1. The number of sulfone groups is 1. The van der Waals surface area contributed by atoms with Gasteiger partial charge in [-0.1, -0.05) is 0 Å². The molecule has 0 saturated carbocycles. The summed E-state index contributed by atoms with van der Waals surface area (Å²) >= 11 is 0. The second-order valence-electron chi connectivity index (χ2n) is 4.68. The predicted octanol–water partition coefficient (Wildman–Crippen LogP) is 0.563. The molecule has 0 aromatic carbocycles. The first kappa shape index (κ1) is 14.4. The topological polar surface area (TPSA) is 107 Å². The minimum atomic E-state index is -3.27. The average molecular weight is 276 g/mol. The van der Waals surface area contributed by atoms with Crippen molar-refractivity contribution in [3.63, 3.8) is 0 Å². The van der Waals surface area contributed by atoms with E-state index in [2.05, 4.69) is 10.4 Å². The highest BCUT2D eigenvalue weighted by Gasteiger charge is 2.31. The molecule has 1 heterocycles.